The van der Waals surface area contributed by atoms with Crippen molar-refractivity contribution in [1.82, 2.24) is 9.78 Å². The number of ether oxygens (including phenoxy) is 1. The first-order valence-electron chi connectivity index (χ1n) is 5.83. The Bertz CT molecular complexity index is 480. The lowest BCUT2D eigenvalue weighted by molar-refractivity contribution is 0.0524. The van der Waals surface area contributed by atoms with Gasteiger partial charge in [-0.15, -0.1) is 0 Å². The maximum atomic E-state index is 11.8. The number of rotatable bonds is 4. The van der Waals surface area contributed by atoms with Gasteiger partial charge in [0.05, 0.1) is 18.4 Å². The molecule has 1 aliphatic rings. The molecule has 0 aliphatic heterocycles. The summed E-state index contributed by atoms with van der Waals surface area (Å²) in [6.07, 6.45) is 3.22. The average Bonchev–Trinajstić information content (AvgIpc) is 3.01. The number of aryl methyl sites for hydroxylation is 1. The Morgan fingerprint density at radius 2 is 2.35 bits per heavy atom. The molecule has 0 unspecified atom stereocenters. The summed E-state index contributed by atoms with van der Waals surface area (Å²) < 4.78 is 6.67. The second-order valence-corrected chi connectivity index (χ2v) is 4.16. The van der Waals surface area contributed by atoms with Gasteiger partial charge in [0.15, 0.2) is 0 Å². The number of aromatic nitrogens is 2. The normalized spacial score (nSPS) is 16.3. The average molecular weight is 233 g/mol. The zero-order valence-electron chi connectivity index (χ0n) is 10.1. The zero-order valence-corrected chi connectivity index (χ0v) is 10.1. The molecule has 0 amide bonds. The summed E-state index contributed by atoms with van der Waals surface area (Å²) in [6, 6.07) is 2.26. The fourth-order valence-electron chi connectivity index (χ4n) is 1.82. The summed E-state index contributed by atoms with van der Waals surface area (Å²) in [5.41, 5.74) is 0.468. The quantitative estimate of drug-likeness (QED) is 0.741. The summed E-state index contributed by atoms with van der Waals surface area (Å²) in [5.74, 6) is -0.385. The van der Waals surface area contributed by atoms with Gasteiger partial charge in [-0.2, -0.15) is 10.4 Å². The molecular formula is C12H15N3O2. The van der Waals surface area contributed by atoms with Crippen LogP contribution in [0.15, 0.2) is 6.20 Å². The fourth-order valence-corrected chi connectivity index (χ4v) is 1.82. The molecule has 1 aliphatic carbocycles. The van der Waals surface area contributed by atoms with E-state index in [0.29, 0.717) is 24.4 Å². The van der Waals surface area contributed by atoms with Crippen LogP contribution >= 0.6 is 0 Å². The van der Waals surface area contributed by atoms with Gasteiger partial charge in [-0.05, 0) is 26.7 Å². The number of hydrogen-bond donors (Lipinski definition) is 0. The molecule has 2 rings (SSSR count). The standard InChI is InChI=1S/C12H15N3O2/c1-3-15-7-9(11(16)17-4-2)10(14-15)12(8-13)5-6-12/h7H,3-6H2,1-2H3. The SMILES string of the molecule is CCOC(=O)c1cn(CC)nc1C1(C#N)CC1. The van der Waals surface area contributed by atoms with Crippen molar-refractivity contribution >= 4 is 5.97 Å². The molecule has 5 nitrogen and oxygen atoms in total. The van der Waals surface area contributed by atoms with Crippen molar-refractivity contribution in [3.63, 3.8) is 0 Å². The van der Waals surface area contributed by atoms with E-state index >= 15 is 0 Å². The predicted octanol–water partition coefficient (Wildman–Crippen LogP) is 1.63. The lowest BCUT2D eigenvalue weighted by Gasteiger charge is -2.04. The van der Waals surface area contributed by atoms with E-state index in [1.807, 2.05) is 6.92 Å². The van der Waals surface area contributed by atoms with Crippen molar-refractivity contribution in [2.75, 3.05) is 6.61 Å². The maximum Gasteiger partial charge on any atom is 0.341 e. The topological polar surface area (TPSA) is 67.9 Å². The maximum absolute atomic E-state index is 11.8. The molecule has 0 atom stereocenters. The molecule has 90 valence electrons. The van der Waals surface area contributed by atoms with E-state index in [2.05, 4.69) is 11.2 Å². The van der Waals surface area contributed by atoms with Crippen molar-refractivity contribution < 1.29 is 9.53 Å². The Labute approximate surface area is 100.0 Å². The van der Waals surface area contributed by atoms with Gasteiger partial charge in [0.1, 0.15) is 11.0 Å². The molecule has 0 spiro atoms. The third-order valence-corrected chi connectivity index (χ3v) is 3.00. The first-order valence-corrected chi connectivity index (χ1v) is 5.83. The minimum absolute atomic E-state index is 0.329. The van der Waals surface area contributed by atoms with E-state index in [4.69, 9.17) is 4.74 Å². The van der Waals surface area contributed by atoms with E-state index in [1.54, 1.807) is 17.8 Å². The van der Waals surface area contributed by atoms with Gasteiger partial charge in [0, 0.05) is 12.7 Å². The molecule has 0 N–H and O–H groups in total. The molecule has 1 fully saturated rings. The van der Waals surface area contributed by atoms with Gasteiger partial charge in [0.2, 0.25) is 0 Å². The lowest BCUT2D eigenvalue weighted by Crippen LogP contribution is -2.12. The molecule has 17 heavy (non-hydrogen) atoms. The van der Waals surface area contributed by atoms with Crippen LogP contribution in [0, 0.1) is 11.3 Å². The van der Waals surface area contributed by atoms with Gasteiger partial charge >= 0.3 is 5.97 Å². The molecule has 1 heterocycles. The van der Waals surface area contributed by atoms with Crippen LogP contribution in [0.1, 0.15) is 42.7 Å². The highest BCUT2D eigenvalue weighted by molar-refractivity contribution is 5.91. The number of hydrogen-bond acceptors (Lipinski definition) is 4. The largest absolute Gasteiger partial charge is 0.462 e. The number of nitriles is 1. The van der Waals surface area contributed by atoms with Gasteiger partial charge in [-0.25, -0.2) is 4.79 Å². The Kier molecular flexibility index (Phi) is 2.88. The molecule has 0 radical (unpaired) electrons. The third-order valence-electron chi connectivity index (χ3n) is 3.00. The van der Waals surface area contributed by atoms with Gasteiger partial charge < -0.3 is 4.74 Å². The second-order valence-electron chi connectivity index (χ2n) is 4.16. The minimum Gasteiger partial charge on any atom is -0.462 e. The smallest absolute Gasteiger partial charge is 0.341 e. The molecule has 0 bridgehead atoms. The monoisotopic (exact) mass is 233 g/mol. The molecule has 0 saturated heterocycles. The van der Waals surface area contributed by atoms with Crippen LogP contribution in [0.3, 0.4) is 0 Å². The second kappa shape index (κ2) is 4.21. The van der Waals surface area contributed by atoms with Crippen molar-refractivity contribution in [1.29, 1.82) is 5.26 Å². The number of esters is 1. The highest BCUT2D eigenvalue weighted by Crippen LogP contribution is 2.48. The molecule has 5 heteroatoms. The fraction of sp³-hybridized carbons (Fsp3) is 0.583. The van der Waals surface area contributed by atoms with Crippen LogP contribution in [-0.2, 0) is 16.7 Å². The highest BCUT2D eigenvalue weighted by Gasteiger charge is 2.49. The van der Waals surface area contributed by atoms with Gasteiger partial charge in [0.25, 0.3) is 0 Å². The van der Waals surface area contributed by atoms with Crippen LogP contribution < -0.4 is 0 Å². The van der Waals surface area contributed by atoms with Crippen molar-refractivity contribution in [2.45, 2.75) is 38.6 Å². The Morgan fingerprint density at radius 3 is 2.82 bits per heavy atom. The van der Waals surface area contributed by atoms with E-state index < -0.39 is 5.41 Å². The van der Waals surface area contributed by atoms with E-state index in [0.717, 1.165) is 12.8 Å². The molecule has 1 aromatic heterocycles. The third kappa shape index (κ3) is 1.91. The molecule has 1 saturated carbocycles. The van der Waals surface area contributed by atoms with Crippen LogP contribution in [0.25, 0.3) is 0 Å². The van der Waals surface area contributed by atoms with Gasteiger partial charge in [-0.1, -0.05) is 0 Å². The van der Waals surface area contributed by atoms with Crippen LogP contribution in [0.2, 0.25) is 0 Å². The van der Waals surface area contributed by atoms with Crippen LogP contribution in [-0.4, -0.2) is 22.4 Å². The minimum atomic E-state index is -0.553. The zero-order chi connectivity index (χ0) is 12.5. The number of carbonyl (C=O) groups excluding carboxylic acids is 1. The summed E-state index contributed by atoms with van der Waals surface area (Å²) in [4.78, 5) is 11.8. The van der Waals surface area contributed by atoms with Crippen molar-refractivity contribution in [3.05, 3.63) is 17.5 Å². The summed E-state index contributed by atoms with van der Waals surface area (Å²) in [7, 11) is 0. The first kappa shape index (κ1) is 11.6. The highest BCUT2D eigenvalue weighted by atomic mass is 16.5. The Morgan fingerprint density at radius 1 is 1.65 bits per heavy atom. The number of nitrogens with zero attached hydrogens (tertiary/aromatic N) is 3. The lowest BCUT2D eigenvalue weighted by atomic mass is 10.0. The molecule has 1 aromatic rings. The van der Waals surface area contributed by atoms with E-state index in [-0.39, 0.29) is 5.97 Å². The predicted molar refractivity (Wildman–Crippen MR) is 60.4 cm³/mol. The first-order chi connectivity index (χ1) is 8.16. The van der Waals surface area contributed by atoms with Crippen molar-refractivity contribution in [3.8, 4) is 6.07 Å². The summed E-state index contributed by atoms with van der Waals surface area (Å²) >= 11 is 0. The molecular weight excluding hydrogens is 218 g/mol. The van der Waals surface area contributed by atoms with Crippen LogP contribution in [0.4, 0.5) is 0 Å². The van der Waals surface area contributed by atoms with E-state index in [9.17, 15) is 10.1 Å². The Hall–Kier alpha value is -1.83. The summed E-state index contributed by atoms with van der Waals surface area (Å²) in [6.45, 7) is 4.71. The Balaban J connectivity index is 2.40. The van der Waals surface area contributed by atoms with Crippen molar-refractivity contribution in [2.24, 2.45) is 0 Å². The summed E-state index contributed by atoms with van der Waals surface area (Å²) in [5, 5.41) is 13.5. The number of carbonyl (C=O) groups is 1. The van der Waals surface area contributed by atoms with E-state index in [1.165, 1.54) is 0 Å². The van der Waals surface area contributed by atoms with Crippen LogP contribution in [0.5, 0.6) is 0 Å². The molecule has 0 aromatic carbocycles. The van der Waals surface area contributed by atoms with Gasteiger partial charge in [-0.3, -0.25) is 4.68 Å².